The molecule has 0 unspecified atom stereocenters. The van der Waals surface area contributed by atoms with Crippen LogP contribution in [0, 0.1) is 0 Å². The quantitative estimate of drug-likeness (QED) is 0.695. The van der Waals surface area contributed by atoms with Crippen LogP contribution >= 0.6 is 0 Å². The normalized spacial score (nSPS) is 11.3. The number of hydrogen-bond acceptors (Lipinski definition) is 2. The number of carbonyl (C=O) groups is 1. The van der Waals surface area contributed by atoms with Crippen LogP contribution in [0.1, 0.15) is 61.0 Å². The molecule has 0 atom stereocenters. The minimum absolute atomic E-state index is 0.262. The molecule has 0 aliphatic rings. The molecule has 0 aliphatic heterocycles. The lowest BCUT2D eigenvalue weighted by Crippen LogP contribution is -2.19. The molecule has 1 aromatic heterocycles. The number of pyridine rings is 1. The van der Waals surface area contributed by atoms with Crippen LogP contribution in [0.15, 0.2) is 53.3 Å². The minimum Gasteiger partial charge on any atom is -0.322 e. The van der Waals surface area contributed by atoms with Crippen LogP contribution in [0.4, 0.5) is 5.69 Å². The topological polar surface area (TPSA) is 62.0 Å². The zero-order valence-electron chi connectivity index (χ0n) is 15.6. The van der Waals surface area contributed by atoms with E-state index in [-0.39, 0.29) is 23.3 Å². The second-order valence-electron chi connectivity index (χ2n) is 7.17. The van der Waals surface area contributed by atoms with Gasteiger partial charge in [-0.2, -0.15) is 0 Å². The van der Waals surface area contributed by atoms with Crippen molar-refractivity contribution in [3.63, 3.8) is 0 Å². The zero-order chi connectivity index (χ0) is 18.8. The van der Waals surface area contributed by atoms with Crippen LogP contribution in [-0.2, 0) is 0 Å². The van der Waals surface area contributed by atoms with E-state index in [2.05, 4.69) is 38.0 Å². The van der Waals surface area contributed by atoms with E-state index < -0.39 is 0 Å². The lowest BCUT2D eigenvalue weighted by Gasteiger charge is -2.20. The van der Waals surface area contributed by atoms with Crippen molar-refractivity contribution < 1.29 is 4.79 Å². The smallest absolute Gasteiger partial charge is 0.256 e. The van der Waals surface area contributed by atoms with Crippen molar-refractivity contribution in [2.75, 3.05) is 5.32 Å². The molecule has 0 bridgehead atoms. The van der Waals surface area contributed by atoms with Crippen molar-refractivity contribution in [1.82, 2.24) is 4.98 Å². The van der Waals surface area contributed by atoms with Gasteiger partial charge in [0, 0.05) is 22.7 Å². The van der Waals surface area contributed by atoms with Gasteiger partial charge in [-0.15, -0.1) is 0 Å². The summed E-state index contributed by atoms with van der Waals surface area (Å²) in [5.74, 6) is 0.294. The molecule has 1 heterocycles. The Morgan fingerprint density at radius 2 is 1.54 bits per heavy atom. The number of fused-ring (bicyclic) bond motifs is 1. The van der Waals surface area contributed by atoms with Gasteiger partial charge in [0.05, 0.1) is 5.56 Å². The molecule has 0 saturated heterocycles. The fourth-order valence-corrected chi connectivity index (χ4v) is 3.27. The van der Waals surface area contributed by atoms with Crippen molar-refractivity contribution in [2.45, 2.75) is 39.5 Å². The molecule has 2 N–H and O–H groups in total. The van der Waals surface area contributed by atoms with E-state index in [1.165, 1.54) is 6.07 Å². The Hall–Kier alpha value is -2.88. The zero-order valence-corrected chi connectivity index (χ0v) is 15.6. The molecule has 0 fully saturated rings. The highest BCUT2D eigenvalue weighted by molar-refractivity contribution is 6.12. The molecule has 0 spiro atoms. The summed E-state index contributed by atoms with van der Waals surface area (Å²) in [6, 6.07) is 14.8. The molecule has 4 heteroatoms. The summed E-state index contributed by atoms with van der Waals surface area (Å²) >= 11 is 0. The third-order valence-electron chi connectivity index (χ3n) is 4.61. The molecule has 0 radical (unpaired) electrons. The van der Waals surface area contributed by atoms with Crippen LogP contribution in [0.5, 0.6) is 0 Å². The summed E-state index contributed by atoms with van der Waals surface area (Å²) < 4.78 is 0. The largest absolute Gasteiger partial charge is 0.322 e. The monoisotopic (exact) mass is 348 g/mol. The molecule has 134 valence electrons. The second-order valence-corrected chi connectivity index (χ2v) is 7.17. The first-order valence-electron chi connectivity index (χ1n) is 8.94. The number of aromatic amines is 1. The summed E-state index contributed by atoms with van der Waals surface area (Å²) in [6.07, 6.45) is 0. The van der Waals surface area contributed by atoms with Crippen molar-refractivity contribution in [1.29, 1.82) is 0 Å². The molecule has 0 saturated carbocycles. The predicted octanol–water partition coefficient (Wildman–Crippen LogP) is 5.03. The number of anilines is 1. The molecule has 3 rings (SSSR count). The SMILES string of the molecule is CC(C)c1cccc(C(C)C)c1NC(=O)c1cc(=O)[nH]c2ccccc12. The number of rotatable bonds is 4. The van der Waals surface area contributed by atoms with Crippen LogP contribution in [0.25, 0.3) is 10.9 Å². The van der Waals surface area contributed by atoms with Crippen LogP contribution < -0.4 is 10.9 Å². The lowest BCUT2D eigenvalue weighted by molar-refractivity contribution is 0.102. The Bertz CT molecular complexity index is 990. The Balaban J connectivity index is 2.11. The van der Waals surface area contributed by atoms with Gasteiger partial charge >= 0.3 is 0 Å². The van der Waals surface area contributed by atoms with E-state index in [9.17, 15) is 9.59 Å². The van der Waals surface area contributed by atoms with Gasteiger partial charge in [-0.25, -0.2) is 0 Å². The molecule has 4 nitrogen and oxygen atoms in total. The van der Waals surface area contributed by atoms with Crippen molar-refractivity contribution in [2.24, 2.45) is 0 Å². The molecular weight excluding hydrogens is 324 g/mol. The Morgan fingerprint density at radius 1 is 0.923 bits per heavy atom. The fourth-order valence-electron chi connectivity index (χ4n) is 3.27. The molecule has 26 heavy (non-hydrogen) atoms. The van der Waals surface area contributed by atoms with Gasteiger partial charge in [0.15, 0.2) is 0 Å². The maximum Gasteiger partial charge on any atom is 0.256 e. The van der Waals surface area contributed by atoms with E-state index in [1.54, 1.807) is 6.07 Å². The summed E-state index contributed by atoms with van der Waals surface area (Å²) in [7, 11) is 0. The highest BCUT2D eigenvalue weighted by Gasteiger charge is 2.18. The number of carbonyl (C=O) groups excluding carboxylic acids is 1. The van der Waals surface area contributed by atoms with Crippen molar-refractivity contribution >= 4 is 22.5 Å². The van der Waals surface area contributed by atoms with Crippen LogP contribution in [-0.4, -0.2) is 10.9 Å². The first-order valence-corrected chi connectivity index (χ1v) is 8.94. The fraction of sp³-hybridized carbons (Fsp3) is 0.273. The van der Waals surface area contributed by atoms with E-state index in [0.29, 0.717) is 11.1 Å². The standard InChI is InChI=1S/C22H24N2O2/c1-13(2)15-9-7-10-16(14(3)4)21(15)24-22(26)18-12-20(25)23-19-11-6-5-8-17(18)19/h5-14H,1-4H3,(H,23,25)(H,24,26). The number of hydrogen-bond donors (Lipinski definition) is 2. The first kappa shape index (κ1) is 17.9. The molecule has 1 amide bonds. The van der Waals surface area contributed by atoms with E-state index >= 15 is 0 Å². The predicted molar refractivity (Wildman–Crippen MR) is 107 cm³/mol. The van der Waals surface area contributed by atoms with E-state index in [0.717, 1.165) is 22.2 Å². The first-order chi connectivity index (χ1) is 12.4. The maximum absolute atomic E-state index is 13.1. The Kier molecular flexibility index (Phi) is 4.94. The van der Waals surface area contributed by atoms with Crippen molar-refractivity contribution in [3.05, 3.63) is 75.6 Å². The third-order valence-corrected chi connectivity index (χ3v) is 4.61. The molecule has 3 aromatic rings. The molecular formula is C22H24N2O2. The number of amides is 1. The Morgan fingerprint density at radius 3 is 2.15 bits per heavy atom. The van der Waals surface area contributed by atoms with Gasteiger partial charge in [0.25, 0.3) is 5.91 Å². The Labute approximate surface area is 153 Å². The number of para-hydroxylation sites is 2. The minimum atomic E-state index is -0.282. The maximum atomic E-state index is 13.1. The lowest BCUT2D eigenvalue weighted by atomic mass is 9.92. The average Bonchev–Trinajstić information content (AvgIpc) is 2.60. The van der Waals surface area contributed by atoms with E-state index in [4.69, 9.17) is 0 Å². The van der Waals surface area contributed by atoms with Gasteiger partial charge < -0.3 is 10.3 Å². The average molecular weight is 348 g/mol. The third kappa shape index (κ3) is 3.40. The second kappa shape index (κ2) is 7.16. The van der Waals surface area contributed by atoms with Gasteiger partial charge in [-0.05, 0) is 29.0 Å². The van der Waals surface area contributed by atoms with Gasteiger partial charge in [0.1, 0.15) is 0 Å². The molecule has 2 aromatic carbocycles. The highest BCUT2D eigenvalue weighted by atomic mass is 16.2. The van der Waals surface area contributed by atoms with E-state index in [1.807, 2.05) is 36.4 Å². The highest BCUT2D eigenvalue weighted by Crippen LogP contribution is 2.33. The summed E-state index contributed by atoms with van der Waals surface area (Å²) in [5.41, 5.74) is 3.81. The number of nitrogens with one attached hydrogen (secondary N) is 2. The number of H-pyrrole nitrogens is 1. The summed E-state index contributed by atoms with van der Waals surface area (Å²) in [4.78, 5) is 27.8. The molecule has 0 aliphatic carbocycles. The van der Waals surface area contributed by atoms with Crippen molar-refractivity contribution in [3.8, 4) is 0 Å². The van der Waals surface area contributed by atoms with Crippen LogP contribution in [0.2, 0.25) is 0 Å². The summed E-state index contributed by atoms with van der Waals surface area (Å²) in [5, 5.41) is 3.82. The van der Waals surface area contributed by atoms with Gasteiger partial charge in [-0.1, -0.05) is 64.1 Å². The number of aromatic nitrogens is 1. The summed E-state index contributed by atoms with van der Waals surface area (Å²) in [6.45, 7) is 8.44. The van der Waals surface area contributed by atoms with Gasteiger partial charge in [-0.3, -0.25) is 9.59 Å². The van der Waals surface area contributed by atoms with Crippen LogP contribution in [0.3, 0.4) is 0 Å². The van der Waals surface area contributed by atoms with Gasteiger partial charge in [0.2, 0.25) is 5.56 Å². The number of benzene rings is 2.